The Labute approximate surface area is 99.8 Å². The molecule has 5 nitrogen and oxygen atoms in total. The Kier molecular flexibility index (Phi) is 4.46. The number of benzene rings is 1. The van der Waals surface area contributed by atoms with E-state index in [0.717, 1.165) is 12.8 Å². The zero-order chi connectivity index (χ0) is 12.8. The van der Waals surface area contributed by atoms with Crippen LogP contribution in [0, 0.1) is 21.4 Å². The van der Waals surface area contributed by atoms with E-state index >= 15 is 0 Å². The molecule has 5 heteroatoms. The minimum Gasteiger partial charge on any atom is -0.484 e. The Bertz CT molecular complexity index is 452. The fourth-order valence-corrected chi connectivity index (χ4v) is 1.51. The van der Waals surface area contributed by atoms with Gasteiger partial charge >= 0.3 is 5.69 Å². The van der Waals surface area contributed by atoms with Gasteiger partial charge in [-0.15, -0.1) is 0 Å². The molecule has 0 heterocycles. The van der Waals surface area contributed by atoms with Crippen molar-refractivity contribution in [3.8, 4) is 11.8 Å². The number of nitrogens with zero attached hydrogens (tertiary/aromatic N) is 2. The maximum absolute atomic E-state index is 10.8. The predicted octanol–water partition coefficient (Wildman–Crippen LogP) is 3.03. The number of rotatable bonds is 5. The number of hydrogen-bond donors (Lipinski definition) is 0. The molecule has 1 unspecified atom stereocenters. The first-order chi connectivity index (χ1) is 8.08. The van der Waals surface area contributed by atoms with E-state index in [0.29, 0.717) is 0 Å². The van der Waals surface area contributed by atoms with E-state index in [1.807, 2.05) is 19.9 Å². The normalized spacial score (nSPS) is 11.6. The van der Waals surface area contributed by atoms with Crippen LogP contribution in [-0.4, -0.2) is 11.0 Å². The van der Waals surface area contributed by atoms with Crippen LogP contribution < -0.4 is 4.74 Å². The quantitative estimate of drug-likeness (QED) is 0.579. The number of nitro groups is 1. The average Bonchev–Trinajstić information content (AvgIpc) is 2.29. The number of hydrogen-bond acceptors (Lipinski definition) is 4. The summed E-state index contributed by atoms with van der Waals surface area (Å²) in [5, 5.41) is 19.5. The van der Waals surface area contributed by atoms with Crippen molar-refractivity contribution in [2.75, 3.05) is 0 Å². The Morgan fingerprint density at radius 2 is 2.29 bits per heavy atom. The average molecular weight is 234 g/mol. The van der Waals surface area contributed by atoms with Crippen LogP contribution in [-0.2, 0) is 0 Å². The molecule has 90 valence electrons. The Morgan fingerprint density at radius 1 is 1.59 bits per heavy atom. The molecule has 0 spiro atoms. The SMILES string of the molecule is CCCC(C)Oc1ccc(C#N)cc1[N+](=O)[O-]. The zero-order valence-corrected chi connectivity index (χ0v) is 9.84. The number of ether oxygens (including phenoxy) is 1. The van der Waals surface area contributed by atoms with Gasteiger partial charge in [-0.3, -0.25) is 10.1 Å². The van der Waals surface area contributed by atoms with Crippen molar-refractivity contribution in [3.63, 3.8) is 0 Å². The monoisotopic (exact) mass is 234 g/mol. The second kappa shape index (κ2) is 5.85. The van der Waals surface area contributed by atoms with E-state index in [1.54, 1.807) is 0 Å². The smallest absolute Gasteiger partial charge is 0.312 e. The molecule has 0 amide bonds. The van der Waals surface area contributed by atoms with Crippen LogP contribution in [0.5, 0.6) is 5.75 Å². The van der Waals surface area contributed by atoms with Crippen molar-refractivity contribution in [1.82, 2.24) is 0 Å². The topological polar surface area (TPSA) is 76.2 Å². The molecule has 0 aliphatic heterocycles. The van der Waals surface area contributed by atoms with Crippen LogP contribution in [0.4, 0.5) is 5.69 Å². The van der Waals surface area contributed by atoms with E-state index in [1.165, 1.54) is 18.2 Å². The van der Waals surface area contributed by atoms with Crippen LogP contribution in [0.2, 0.25) is 0 Å². The van der Waals surface area contributed by atoms with E-state index in [2.05, 4.69) is 0 Å². The molecule has 1 rings (SSSR count). The number of nitriles is 1. The summed E-state index contributed by atoms with van der Waals surface area (Å²) in [6, 6.07) is 6.09. The Hall–Kier alpha value is -2.09. The second-order valence-electron chi connectivity index (χ2n) is 3.77. The van der Waals surface area contributed by atoms with Crippen LogP contribution in [0.25, 0.3) is 0 Å². The number of nitro benzene ring substituents is 1. The van der Waals surface area contributed by atoms with Gasteiger partial charge in [0.25, 0.3) is 0 Å². The molecule has 1 atom stereocenters. The fraction of sp³-hybridized carbons (Fsp3) is 0.417. The van der Waals surface area contributed by atoms with E-state index in [9.17, 15) is 10.1 Å². The largest absolute Gasteiger partial charge is 0.484 e. The summed E-state index contributed by atoms with van der Waals surface area (Å²) in [5.41, 5.74) is 0.0965. The molecule has 0 N–H and O–H groups in total. The van der Waals surface area contributed by atoms with Gasteiger partial charge in [-0.2, -0.15) is 5.26 Å². The van der Waals surface area contributed by atoms with Gasteiger partial charge in [0, 0.05) is 6.07 Å². The standard InChI is InChI=1S/C12H14N2O3/c1-3-4-9(2)17-12-6-5-10(8-13)7-11(12)14(15)16/h5-7,9H,3-4H2,1-2H3. The van der Waals surface area contributed by atoms with E-state index in [-0.39, 0.29) is 23.1 Å². The summed E-state index contributed by atoms with van der Waals surface area (Å²) in [4.78, 5) is 10.3. The third kappa shape index (κ3) is 3.45. The molecule has 0 aliphatic rings. The van der Waals surface area contributed by atoms with Crippen LogP contribution in [0.3, 0.4) is 0 Å². The lowest BCUT2D eigenvalue weighted by atomic mass is 10.2. The molecule has 0 fully saturated rings. The van der Waals surface area contributed by atoms with Gasteiger partial charge < -0.3 is 4.74 Å². The molecular weight excluding hydrogens is 220 g/mol. The van der Waals surface area contributed by atoms with Gasteiger partial charge in [-0.1, -0.05) is 13.3 Å². The van der Waals surface area contributed by atoms with Gasteiger partial charge in [0.05, 0.1) is 22.7 Å². The first-order valence-corrected chi connectivity index (χ1v) is 5.43. The minimum atomic E-state index is -0.533. The van der Waals surface area contributed by atoms with E-state index in [4.69, 9.17) is 10.00 Å². The highest BCUT2D eigenvalue weighted by molar-refractivity contribution is 5.51. The molecule has 0 aromatic heterocycles. The predicted molar refractivity (Wildman–Crippen MR) is 62.8 cm³/mol. The summed E-state index contributed by atoms with van der Waals surface area (Å²) in [6.45, 7) is 3.89. The molecule has 0 bridgehead atoms. The molecule has 0 saturated carbocycles. The molecule has 1 aromatic carbocycles. The lowest BCUT2D eigenvalue weighted by molar-refractivity contribution is -0.386. The molecule has 17 heavy (non-hydrogen) atoms. The van der Waals surface area contributed by atoms with Gasteiger partial charge in [0.1, 0.15) is 0 Å². The summed E-state index contributed by atoms with van der Waals surface area (Å²) in [5.74, 6) is 0.218. The van der Waals surface area contributed by atoms with Crippen LogP contribution in [0.1, 0.15) is 32.3 Å². The van der Waals surface area contributed by atoms with E-state index < -0.39 is 4.92 Å². The maximum Gasteiger partial charge on any atom is 0.312 e. The zero-order valence-electron chi connectivity index (χ0n) is 9.84. The highest BCUT2D eigenvalue weighted by atomic mass is 16.6. The van der Waals surface area contributed by atoms with Crippen molar-refractivity contribution < 1.29 is 9.66 Å². The van der Waals surface area contributed by atoms with Crippen LogP contribution in [0.15, 0.2) is 18.2 Å². The second-order valence-corrected chi connectivity index (χ2v) is 3.77. The van der Waals surface area contributed by atoms with Gasteiger partial charge in [-0.05, 0) is 25.5 Å². The lowest BCUT2D eigenvalue weighted by Gasteiger charge is -2.13. The fourth-order valence-electron chi connectivity index (χ4n) is 1.51. The summed E-state index contributed by atoms with van der Waals surface area (Å²) in [6.07, 6.45) is 1.70. The Morgan fingerprint density at radius 3 is 2.82 bits per heavy atom. The van der Waals surface area contributed by atoms with Crippen molar-refractivity contribution in [3.05, 3.63) is 33.9 Å². The first kappa shape index (κ1) is 13.0. The lowest BCUT2D eigenvalue weighted by Crippen LogP contribution is -2.12. The Balaban J connectivity index is 2.99. The molecule has 0 aliphatic carbocycles. The third-order valence-electron chi connectivity index (χ3n) is 2.31. The molecule has 0 saturated heterocycles. The van der Waals surface area contributed by atoms with Gasteiger partial charge in [0.15, 0.2) is 5.75 Å². The molecule has 0 radical (unpaired) electrons. The summed E-state index contributed by atoms with van der Waals surface area (Å²) < 4.78 is 5.50. The van der Waals surface area contributed by atoms with Gasteiger partial charge in [0.2, 0.25) is 0 Å². The van der Waals surface area contributed by atoms with Crippen molar-refractivity contribution in [2.45, 2.75) is 32.8 Å². The molecular formula is C12H14N2O3. The van der Waals surface area contributed by atoms with Crippen molar-refractivity contribution in [2.24, 2.45) is 0 Å². The third-order valence-corrected chi connectivity index (χ3v) is 2.31. The maximum atomic E-state index is 10.8. The highest BCUT2D eigenvalue weighted by Crippen LogP contribution is 2.29. The molecule has 1 aromatic rings. The minimum absolute atomic E-state index is 0.0772. The summed E-state index contributed by atoms with van der Waals surface area (Å²) in [7, 11) is 0. The van der Waals surface area contributed by atoms with Crippen molar-refractivity contribution >= 4 is 5.69 Å². The summed E-state index contributed by atoms with van der Waals surface area (Å²) >= 11 is 0. The first-order valence-electron chi connectivity index (χ1n) is 5.43. The van der Waals surface area contributed by atoms with Crippen LogP contribution >= 0.6 is 0 Å². The van der Waals surface area contributed by atoms with Gasteiger partial charge in [-0.25, -0.2) is 0 Å². The highest BCUT2D eigenvalue weighted by Gasteiger charge is 2.17. The van der Waals surface area contributed by atoms with Crippen molar-refractivity contribution in [1.29, 1.82) is 5.26 Å².